The molecule has 2 N–H and O–H groups in total. The Morgan fingerprint density at radius 1 is 1.08 bits per heavy atom. The molecule has 2 aliphatic heterocycles. The molecule has 2 amide bonds. The van der Waals surface area contributed by atoms with Gasteiger partial charge in [-0.3, -0.25) is 9.59 Å². The molecule has 0 radical (unpaired) electrons. The molecular weight excluding hydrogens is 350 g/mol. The number of likely N-dealkylation sites (tertiary alicyclic amines) is 1. The minimum Gasteiger partial charge on any atom is -0.356 e. The van der Waals surface area contributed by atoms with Gasteiger partial charge in [-0.25, -0.2) is 0 Å². The van der Waals surface area contributed by atoms with E-state index in [1.165, 1.54) is 38.5 Å². The molecule has 150 valence electrons. The van der Waals surface area contributed by atoms with Gasteiger partial charge in [0.25, 0.3) is 0 Å². The fraction of sp³-hybridized carbons (Fsp3) is 0.900. The van der Waals surface area contributed by atoms with Crippen molar-refractivity contribution in [1.82, 2.24) is 15.5 Å². The first-order valence-electron chi connectivity index (χ1n) is 10.5. The van der Waals surface area contributed by atoms with Gasteiger partial charge in [-0.2, -0.15) is 0 Å². The zero-order valence-electron chi connectivity index (χ0n) is 16.2. The quantitative estimate of drug-likeness (QED) is 0.691. The summed E-state index contributed by atoms with van der Waals surface area (Å²) < 4.78 is 0. The number of halogens is 1. The Labute approximate surface area is 164 Å². The minimum atomic E-state index is 0. The third-order valence-electron chi connectivity index (χ3n) is 6.42. The van der Waals surface area contributed by atoms with Crippen LogP contribution in [0.1, 0.15) is 71.1 Å². The van der Waals surface area contributed by atoms with Crippen molar-refractivity contribution in [2.24, 2.45) is 11.8 Å². The number of hydrogen-bond acceptors (Lipinski definition) is 3. The molecule has 0 aromatic heterocycles. The van der Waals surface area contributed by atoms with Crippen LogP contribution in [0.15, 0.2) is 0 Å². The third-order valence-corrected chi connectivity index (χ3v) is 6.42. The zero-order valence-corrected chi connectivity index (χ0v) is 17.0. The van der Waals surface area contributed by atoms with Crippen molar-refractivity contribution >= 4 is 24.2 Å². The van der Waals surface area contributed by atoms with Crippen LogP contribution in [-0.2, 0) is 9.59 Å². The van der Waals surface area contributed by atoms with Gasteiger partial charge in [-0.1, -0.05) is 32.6 Å². The highest BCUT2D eigenvalue weighted by molar-refractivity contribution is 5.85. The lowest BCUT2D eigenvalue weighted by Crippen LogP contribution is -2.49. The highest BCUT2D eigenvalue weighted by atomic mass is 35.5. The number of rotatable bonds is 6. The average molecular weight is 386 g/mol. The third kappa shape index (κ3) is 5.35. The van der Waals surface area contributed by atoms with Crippen molar-refractivity contribution in [3.8, 4) is 0 Å². The summed E-state index contributed by atoms with van der Waals surface area (Å²) in [6.45, 7) is 4.43. The van der Waals surface area contributed by atoms with Crippen molar-refractivity contribution < 1.29 is 9.59 Å². The van der Waals surface area contributed by atoms with Gasteiger partial charge in [0.2, 0.25) is 11.8 Å². The standard InChI is InChI=1S/C20H35N3O2.ClH/c1-2-3-6-11-21-19(24)15-9-12-23(13-10-15)20(25)18-14-16-7-4-5-8-17(16)22-18;/h15-18,22H,2-14H2,1H3,(H,21,24);1H. The summed E-state index contributed by atoms with van der Waals surface area (Å²) in [5, 5.41) is 6.66. The summed E-state index contributed by atoms with van der Waals surface area (Å²) in [7, 11) is 0. The molecule has 5 nitrogen and oxygen atoms in total. The van der Waals surface area contributed by atoms with Gasteiger partial charge >= 0.3 is 0 Å². The molecule has 0 aromatic carbocycles. The molecule has 3 atom stereocenters. The summed E-state index contributed by atoms with van der Waals surface area (Å²) in [5.41, 5.74) is 0. The maximum absolute atomic E-state index is 12.8. The number of amides is 2. The van der Waals surface area contributed by atoms with Crippen LogP contribution in [0.5, 0.6) is 0 Å². The van der Waals surface area contributed by atoms with Crippen molar-refractivity contribution in [3.63, 3.8) is 0 Å². The van der Waals surface area contributed by atoms with Crippen LogP contribution in [0.25, 0.3) is 0 Å². The average Bonchev–Trinajstić information content (AvgIpc) is 3.09. The number of carbonyl (C=O) groups is 2. The fourth-order valence-electron chi connectivity index (χ4n) is 4.82. The first kappa shape index (κ1) is 21.5. The maximum atomic E-state index is 12.8. The van der Waals surface area contributed by atoms with E-state index < -0.39 is 0 Å². The number of nitrogens with zero attached hydrogens (tertiary/aromatic N) is 1. The van der Waals surface area contributed by atoms with Crippen LogP contribution in [0.2, 0.25) is 0 Å². The lowest BCUT2D eigenvalue weighted by Gasteiger charge is -2.33. The van der Waals surface area contributed by atoms with E-state index in [1.807, 2.05) is 4.90 Å². The predicted octanol–water partition coefficient (Wildman–Crippen LogP) is 2.87. The summed E-state index contributed by atoms with van der Waals surface area (Å²) >= 11 is 0. The number of unbranched alkanes of at least 4 members (excludes halogenated alkanes) is 2. The molecular formula is C20H36ClN3O2. The largest absolute Gasteiger partial charge is 0.356 e. The highest BCUT2D eigenvalue weighted by Crippen LogP contribution is 2.34. The Morgan fingerprint density at radius 2 is 1.81 bits per heavy atom. The Hall–Kier alpha value is -0.810. The van der Waals surface area contributed by atoms with Crippen LogP contribution in [0.3, 0.4) is 0 Å². The van der Waals surface area contributed by atoms with E-state index in [0.717, 1.165) is 45.3 Å². The predicted molar refractivity (Wildman–Crippen MR) is 106 cm³/mol. The second-order valence-electron chi connectivity index (χ2n) is 8.20. The van der Waals surface area contributed by atoms with Crippen molar-refractivity contribution in [2.75, 3.05) is 19.6 Å². The van der Waals surface area contributed by atoms with Gasteiger partial charge in [0.05, 0.1) is 6.04 Å². The minimum absolute atomic E-state index is 0. The monoisotopic (exact) mass is 385 g/mol. The van der Waals surface area contributed by atoms with Crippen molar-refractivity contribution in [2.45, 2.75) is 83.2 Å². The van der Waals surface area contributed by atoms with Gasteiger partial charge in [-0.15, -0.1) is 12.4 Å². The Morgan fingerprint density at radius 3 is 2.50 bits per heavy atom. The second-order valence-corrected chi connectivity index (χ2v) is 8.20. The lowest BCUT2D eigenvalue weighted by atomic mass is 9.85. The van der Waals surface area contributed by atoms with Gasteiger partial charge in [0.15, 0.2) is 0 Å². The Balaban J connectivity index is 0.00000243. The number of carbonyl (C=O) groups excluding carboxylic acids is 2. The molecule has 3 fully saturated rings. The first-order valence-corrected chi connectivity index (χ1v) is 10.5. The van der Waals surface area contributed by atoms with Crippen molar-refractivity contribution in [3.05, 3.63) is 0 Å². The van der Waals surface area contributed by atoms with Crippen molar-refractivity contribution in [1.29, 1.82) is 0 Å². The van der Waals surface area contributed by atoms with Gasteiger partial charge in [-0.05, 0) is 44.4 Å². The van der Waals surface area contributed by atoms with Crippen LogP contribution >= 0.6 is 12.4 Å². The molecule has 3 rings (SSSR count). The fourth-order valence-corrected chi connectivity index (χ4v) is 4.82. The van der Waals surface area contributed by atoms with Gasteiger partial charge in [0, 0.05) is 31.6 Å². The molecule has 2 saturated heterocycles. The number of fused-ring (bicyclic) bond motifs is 1. The van der Waals surface area contributed by atoms with Crippen LogP contribution in [0, 0.1) is 11.8 Å². The van der Waals surface area contributed by atoms with E-state index in [4.69, 9.17) is 0 Å². The molecule has 0 bridgehead atoms. The molecule has 26 heavy (non-hydrogen) atoms. The van der Waals surface area contributed by atoms with E-state index in [0.29, 0.717) is 12.0 Å². The molecule has 3 unspecified atom stereocenters. The highest BCUT2D eigenvalue weighted by Gasteiger charge is 2.40. The van der Waals surface area contributed by atoms with Crippen LogP contribution in [0.4, 0.5) is 0 Å². The van der Waals surface area contributed by atoms with Gasteiger partial charge in [0.1, 0.15) is 0 Å². The summed E-state index contributed by atoms with van der Waals surface area (Å²) in [5.74, 6) is 1.25. The van der Waals surface area contributed by atoms with E-state index in [1.54, 1.807) is 0 Å². The summed E-state index contributed by atoms with van der Waals surface area (Å²) in [6.07, 6.45) is 11.2. The molecule has 2 heterocycles. The van der Waals surface area contributed by atoms with Crippen LogP contribution < -0.4 is 10.6 Å². The van der Waals surface area contributed by atoms with E-state index >= 15 is 0 Å². The lowest BCUT2D eigenvalue weighted by molar-refractivity contribution is -0.137. The van der Waals surface area contributed by atoms with E-state index in [9.17, 15) is 9.59 Å². The van der Waals surface area contributed by atoms with Crippen LogP contribution in [-0.4, -0.2) is 48.4 Å². The molecule has 0 aromatic rings. The normalized spacial score (nSPS) is 29.0. The Kier molecular flexibility index (Phi) is 8.68. The zero-order chi connectivity index (χ0) is 17.6. The topological polar surface area (TPSA) is 61.4 Å². The number of piperidine rings is 1. The first-order chi connectivity index (χ1) is 12.2. The molecule has 1 saturated carbocycles. The SMILES string of the molecule is CCCCCNC(=O)C1CCN(C(=O)C2CC3CCCCC3N2)CC1.Cl. The molecule has 0 spiro atoms. The Bertz CT molecular complexity index is 452. The maximum Gasteiger partial charge on any atom is 0.239 e. The van der Waals surface area contributed by atoms with E-state index in [2.05, 4.69) is 17.6 Å². The number of nitrogens with one attached hydrogen (secondary N) is 2. The smallest absolute Gasteiger partial charge is 0.239 e. The molecule has 3 aliphatic rings. The summed E-state index contributed by atoms with van der Waals surface area (Å²) in [4.78, 5) is 27.1. The molecule has 6 heteroatoms. The van der Waals surface area contributed by atoms with Gasteiger partial charge < -0.3 is 15.5 Å². The molecule has 1 aliphatic carbocycles. The number of hydrogen-bond donors (Lipinski definition) is 2. The van der Waals surface area contributed by atoms with E-state index in [-0.39, 0.29) is 36.2 Å². The second kappa shape index (κ2) is 10.5. The summed E-state index contributed by atoms with van der Waals surface area (Å²) in [6, 6.07) is 0.585.